The number of hydrogen-bond donors (Lipinski definition) is 2. The van der Waals surface area contributed by atoms with Gasteiger partial charge in [0.1, 0.15) is 0 Å². The molecule has 0 aromatic rings. The molecule has 0 rings (SSSR count). The van der Waals surface area contributed by atoms with Crippen LogP contribution in [0.2, 0.25) is 0 Å². The second-order valence-electron chi connectivity index (χ2n) is 1.82. The Bertz CT molecular complexity index is 225. The maximum Gasteiger partial charge on any atom is 0.443 e. The number of nitrogens with one attached hydrogen (secondary N) is 1. The van der Waals surface area contributed by atoms with Crippen LogP contribution in [0, 0.1) is 12.3 Å². The second-order valence-corrected chi connectivity index (χ2v) is 3.87. The van der Waals surface area contributed by atoms with Crippen molar-refractivity contribution in [3.05, 3.63) is 0 Å². The first-order valence-corrected chi connectivity index (χ1v) is 4.89. The molecule has 2 N–H and O–H groups in total. The van der Waals surface area contributed by atoms with Gasteiger partial charge in [-0.15, -0.1) is 6.42 Å². The Balaban J connectivity index is 3.93. The third-order valence-electron chi connectivity index (χ3n) is 0.854. The average Bonchev–Trinajstić information content (AvgIpc) is 1.95. The number of alkyl halides is 3. The van der Waals surface area contributed by atoms with Crippen molar-refractivity contribution in [2.24, 2.45) is 0 Å². The fourth-order valence-corrected chi connectivity index (χ4v) is 1.41. The molecule has 0 aromatic heterocycles. The second kappa shape index (κ2) is 5.49. The molecule has 0 spiro atoms. The van der Waals surface area contributed by atoms with Crippen LogP contribution in [0.4, 0.5) is 13.2 Å². The van der Waals surface area contributed by atoms with E-state index in [1.807, 2.05) is 10.6 Å². The first kappa shape index (κ1) is 12.8. The molecule has 76 valence electrons. The Hall–Kier alpha value is -0.230. The molecule has 0 saturated carbocycles. The van der Waals surface area contributed by atoms with Crippen LogP contribution in [0.25, 0.3) is 0 Å². The molecular weight excluding hydrogens is 227 g/mol. The molecule has 0 bridgehead atoms. The topological polar surface area (TPSA) is 49.3 Å². The third-order valence-corrected chi connectivity index (χ3v) is 2.12. The number of thioether (sulfide) groups is 1. The fraction of sp³-hybridized carbons (Fsp3) is 0.600. The molecular formula is C5H6F3NO2S2. The summed E-state index contributed by atoms with van der Waals surface area (Å²) in [5.41, 5.74) is -4.43. The number of terminal acetylenes is 1. The first-order valence-electron chi connectivity index (χ1n) is 2.90. The predicted octanol–water partition coefficient (Wildman–Crippen LogP) is 0.968. The first-order chi connectivity index (χ1) is 5.85. The molecule has 0 aliphatic rings. The standard InChI is InChI=1S/C5H6F3NO2S2/c1-2-4(3-9-13(10)11)12-5(6,7)8/h1,4,9H,3H2,(H,10,11). The third kappa shape index (κ3) is 8.11. The van der Waals surface area contributed by atoms with Crippen molar-refractivity contribution in [2.45, 2.75) is 10.8 Å². The van der Waals surface area contributed by atoms with Gasteiger partial charge in [0.15, 0.2) is 0 Å². The van der Waals surface area contributed by atoms with E-state index >= 15 is 0 Å². The van der Waals surface area contributed by atoms with Gasteiger partial charge in [0, 0.05) is 6.54 Å². The SMILES string of the molecule is C#CC(CNS(=O)O)SC(F)(F)F. The van der Waals surface area contributed by atoms with E-state index in [1.165, 1.54) is 0 Å². The van der Waals surface area contributed by atoms with Gasteiger partial charge in [-0.2, -0.15) is 13.2 Å². The van der Waals surface area contributed by atoms with Crippen LogP contribution in [-0.2, 0) is 11.3 Å². The fourth-order valence-electron chi connectivity index (χ4n) is 0.443. The van der Waals surface area contributed by atoms with Gasteiger partial charge in [0.2, 0.25) is 11.3 Å². The van der Waals surface area contributed by atoms with Crippen molar-refractivity contribution in [1.29, 1.82) is 0 Å². The van der Waals surface area contributed by atoms with Gasteiger partial charge >= 0.3 is 5.51 Å². The molecule has 0 aliphatic carbocycles. The van der Waals surface area contributed by atoms with Crippen molar-refractivity contribution in [2.75, 3.05) is 6.54 Å². The molecule has 0 saturated heterocycles. The Morgan fingerprint density at radius 3 is 2.54 bits per heavy atom. The van der Waals surface area contributed by atoms with Gasteiger partial charge in [0.05, 0.1) is 5.25 Å². The minimum Gasteiger partial charge on any atom is -0.294 e. The van der Waals surface area contributed by atoms with Gasteiger partial charge in [0.25, 0.3) is 0 Å². The summed E-state index contributed by atoms with van der Waals surface area (Å²) in [6, 6.07) is 0. The van der Waals surface area contributed by atoms with Crippen LogP contribution in [0.1, 0.15) is 0 Å². The summed E-state index contributed by atoms with van der Waals surface area (Å²) in [4.78, 5) is 0. The van der Waals surface area contributed by atoms with Crippen LogP contribution >= 0.6 is 11.8 Å². The van der Waals surface area contributed by atoms with E-state index in [-0.39, 0.29) is 6.54 Å². The van der Waals surface area contributed by atoms with E-state index < -0.39 is 33.8 Å². The summed E-state index contributed by atoms with van der Waals surface area (Å²) in [6.07, 6.45) is 4.77. The summed E-state index contributed by atoms with van der Waals surface area (Å²) in [6.45, 7) is -0.371. The van der Waals surface area contributed by atoms with Gasteiger partial charge < -0.3 is 0 Å². The van der Waals surface area contributed by atoms with Gasteiger partial charge in [-0.3, -0.25) is 4.55 Å². The lowest BCUT2D eigenvalue weighted by molar-refractivity contribution is -0.0330. The lowest BCUT2D eigenvalue weighted by Gasteiger charge is -2.11. The average molecular weight is 233 g/mol. The van der Waals surface area contributed by atoms with Gasteiger partial charge in [-0.05, 0) is 11.8 Å². The van der Waals surface area contributed by atoms with E-state index in [1.54, 1.807) is 0 Å². The van der Waals surface area contributed by atoms with E-state index in [2.05, 4.69) is 0 Å². The van der Waals surface area contributed by atoms with Crippen LogP contribution in [0.5, 0.6) is 0 Å². The van der Waals surface area contributed by atoms with E-state index in [0.717, 1.165) is 0 Å². The highest BCUT2D eigenvalue weighted by Crippen LogP contribution is 2.33. The van der Waals surface area contributed by atoms with Crippen LogP contribution in [0.15, 0.2) is 0 Å². The molecule has 2 unspecified atom stereocenters. The highest BCUT2D eigenvalue weighted by atomic mass is 32.2. The monoisotopic (exact) mass is 233 g/mol. The molecule has 0 aliphatic heterocycles. The van der Waals surface area contributed by atoms with E-state index in [4.69, 9.17) is 11.0 Å². The van der Waals surface area contributed by atoms with E-state index in [9.17, 15) is 17.4 Å². The van der Waals surface area contributed by atoms with Crippen molar-refractivity contribution in [3.63, 3.8) is 0 Å². The number of halogens is 3. The molecule has 0 radical (unpaired) electrons. The summed E-state index contributed by atoms with van der Waals surface area (Å²) in [5, 5.41) is -1.20. The highest BCUT2D eigenvalue weighted by Gasteiger charge is 2.32. The summed E-state index contributed by atoms with van der Waals surface area (Å²) in [7, 11) is 0. The maximum atomic E-state index is 11.7. The number of hydrogen-bond acceptors (Lipinski definition) is 2. The summed E-state index contributed by atoms with van der Waals surface area (Å²) < 4.78 is 55.3. The minimum absolute atomic E-state index is 0.371. The molecule has 0 fully saturated rings. The Morgan fingerprint density at radius 1 is 1.69 bits per heavy atom. The smallest absolute Gasteiger partial charge is 0.294 e. The number of rotatable bonds is 4. The van der Waals surface area contributed by atoms with Crippen molar-refractivity contribution in [1.82, 2.24) is 4.72 Å². The quantitative estimate of drug-likeness (QED) is 0.562. The lowest BCUT2D eigenvalue weighted by Crippen LogP contribution is -2.27. The van der Waals surface area contributed by atoms with E-state index in [0.29, 0.717) is 0 Å². The highest BCUT2D eigenvalue weighted by molar-refractivity contribution is 8.01. The summed E-state index contributed by atoms with van der Waals surface area (Å²) in [5.74, 6) is 1.85. The maximum absolute atomic E-state index is 11.7. The Kier molecular flexibility index (Phi) is 5.39. The minimum atomic E-state index is -4.43. The van der Waals surface area contributed by atoms with Crippen LogP contribution in [0.3, 0.4) is 0 Å². The predicted molar refractivity (Wildman–Crippen MR) is 45.0 cm³/mol. The molecule has 13 heavy (non-hydrogen) atoms. The normalized spacial score (nSPS) is 16.2. The van der Waals surface area contributed by atoms with Crippen molar-refractivity contribution < 1.29 is 21.9 Å². The zero-order valence-corrected chi connectivity index (χ0v) is 7.80. The molecule has 3 nitrogen and oxygen atoms in total. The molecule has 0 aromatic carbocycles. The Labute approximate surface area is 79.9 Å². The summed E-state index contributed by atoms with van der Waals surface area (Å²) >= 11 is -2.74. The largest absolute Gasteiger partial charge is 0.443 e. The van der Waals surface area contributed by atoms with Crippen molar-refractivity contribution in [3.8, 4) is 12.3 Å². The van der Waals surface area contributed by atoms with Gasteiger partial charge in [-0.25, -0.2) is 8.93 Å². The molecule has 8 heteroatoms. The Morgan fingerprint density at radius 2 is 2.23 bits per heavy atom. The molecule has 2 atom stereocenters. The zero-order valence-electron chi connectivity index (χ0n) is 6.17. The zero-order chi connectivity index (χ0) is 10.5. The van der Waals surface area contributed by atoms with Gasteiger partial charge in [-0.1, -0.05) is 5.92 Å². The van der Waals surface area contributed by atoms with Crippen LogP contribution < -0.4 is 4.72 Å². The lowest BCUT2D eigenvalue weighted by atomic mass is 10.4. The van der Waals surface area contributed by atoms with Crippen LogP contribution in [-0.4, -0.2) is 26.1 Å². The van der Waals surface area contributed by atoms with Crippen molar-refractivity contribution >= 4 is 23.0 Å². The molecule has 0 heterocycles. The molecule has 0 amide bonds.